The molecule has 0 fully saturated rings. The van der Waals surface area contributed by atoms with E-state index in [0.29, 0.717) is 29.8 Å². The Morgan fingerprint density at radius 1 is 1.30 bits per heavy atom. The van der Waals surface area contributed by atoms with Crippen LogP contribution in [0.15, 0.2) is 35.1 Å². The number of aliphatic hydroxyl groups excluding tert-OH is 1. The minimum Gasteiger partial charge on any atom is -0.395 e. The van der Waals surface area contributed by atoms with Crippen LogP contribution in [0, 0.1) is 0 Å². The van der Waals surface area contributed by atoms with Crippen molar-refractivity contribution in [2.45, 2.75) is 25.7 Å². The largest absolute Gasteiger partial charge is 0.395 e. The smallest absolute Gasteiger partial charge is 0.321 e. The lowest BCUT2D eigenvalue weighted by Gasteiger charge is -2.14. The lowest BCUT2D eigenvalue weighted by atomic mass is 9.95. The number of amides is 2. The quantitative estimate of drug-likeness (QED) is 0.355. The zero-order chi connectivity index (χ0) is 21.1. The molecule has 0 aliphatic carbocycles. The van der Waals surface area contributed by atoms with Crippen LogP contribution in [0.4, 0.5) is 9.93 Å². The van der Waals surface area contributed by atoms with E-state index in [0.717, 1.165) is 21.3 Å². The van der Waals surface area contributed by atoms with Gasteiger partial charge in [0, 0.05) is 24.7 Å². The molecule has 4 aromatic rings. The molecule has 30 heavy (non-hydrogen) atoms. The molecule has 0 atom stereocenters. The lowest BCUT2D eigenvalue weighted by molar-refractivity contribution is 0.182. The van der Waals surface area contributed by atoms with Crippen molar-refractivity contribution < 1.29 is 14.4 Å². The minimum absolute atomic E-state index is 0.0962. The van der Waals surface area contributed by atoms with Gasteiger partial charge in [0.1, 0.15) is 0 Å². The number of aliphatic hydroxyl groups is 1. The van der Waals surface area contributed by atoms with Crippen molar-refractivity contribution in [3.8, 4) is 11.1 Å². The lowest BCUT2D eigenvalue weighted by Crippen LogP contribution is -2.30. The van der Waals surface area contributed by atoms with Gasteiger partial charge in [-0.15, -0.1) is 0 Å². The summed E-state index contributed by atoms with van der Waals surface area (Å²) in [7, 11) is 0. The number of benzene rings is 1. The molecule has 0 bridgehead atoms. The van der Waals surface area contributed by atoms with Crippen LogP contribution < -0.4 is 10.6 Å². The highest BCUT2D eigenvalue weighted by molar-refractivity contribution is 7.22. The number of fused-ring (bicyclic) bond motifs is 1. The first-order valence-corrected chi connectivity index (χ1v) is 10.1. The predicted molar refractivity (Wildman–Crippen MR) is 112 cm³/mol. The number of hydrogen-bond acceptors (Lipinski definition) is 8. The van der Waals surface area contributed by atoms with E-state index in [1.54, 1.807) is 6.20 Å². The first-order chi connectivity index (χ1) is 14.4. The van der Waals surface area contributed by atoms with Crippen molar-refractivity contribution in [1.29, 1.82) is 0 Å². The van der Waals surface area contributed by atoms with Crippen molar-refractivity contribution >= 4 is 32.7 Å². The van der Waals surface area contributed by atoms with Crippen molar-refractivity contribution in [2.24, 2.45) is 0 Å². The van der Waals surface area contributed by atoms with Gasteiger partial charge in [0.05, 0.1) is 28.4 Å². The molecule has 0 saturated heterocycles. The number of anilines is 1. The Balaban J connectivity index is 1.32. The van der Waals surface area contributed by atoms with E-state index in [4.69, 9.17) is 4.52 Å². The highest BCUT2D eigenvalue weighted by atomic mass is 32.1. The highest BCUT2D eigenvalue weighted by Gasteiger charge is 2.26. The number of carbonyl (C=O) groups is 1. The van der Waals surface area contributed by atoms with Crippen LogP contribution in [0.1, 0.15) is 25.6 Å². The number of aromatic amines is 1. The number of thiazole rings is 1. The Morgan fingerprint density at radius 2 is 2.17 bits per heavy atom. The van der Waals surface area contributed by atoms with Gasteiger partial charge in [0.2, 0.25) is 5.89 Å². The average molecular weight is 427 g/mol. The third kappa shape index (κ3) is 4.31. The van der Waals surface area contributed by atoms with E-state index < -0.39 is 5.41 Å². The number of nitrogens with zero attached hydrogens (tertiary/aromatic N) is 4. The Bertz CT molecular complexity index is 1150. The maximum absolute atomic E-state index is 12.2. The van der Waals surface area contributed by atoms with Gasteiger partial charge in [0.15, 0.2) is 11.0 Å². The molecule has 0 unspecified atom stereocenters. The van der Waals surface area contributed by atoms with Gasteiger partial charge < -0.3 is 14.9 Å². The summed E-state index contributed by atoms with van der Waals surface area (Å²) < 4.78 is 6.15. The second-order valence-electron chi connectivity index (χ2n) is 7.38. The van der Waals surface area contributed by atoms with Gasteiger partial charge in [-0.2, -0.15) is 10.1 Å². The van der Waals surface area contributed by atoms with Gasteiger partial charge in [-0.05, 0) is 31.5 Å². The number of carbonyl (C=O) groups excluding carboxylic acids is 1. The number of aromatic nitrogens is 5. The van der Waals surface area contributed by atoms with E-state index in [-0.39, 0.29) is 12.6 Å². The molecular formula is C19H21N7O3S. The zero-order valence-electron chi connectivity index (χ0n) is 16.5. The fraction of sp³-hybridized carbons (Fsp3) is 0.316. The molecule has 1 aromatic carbocycles. The van der Waals surface area contributed by atoms with E-state index >= 15 is 0 Å². The van der Waals surface area contributed by atoms with Gasteiger partial charge in [-0.25, -0.2) is 9.78 Å². The molecule has 4 rings (SSSR count). The molecule has 3 heterocycles. The van der Waals surface area contributed by atoms with Crippen LogP contribution in [-0.2, 0) is 11.8 Å². The monoisotopic (exact) mass is 427 g/mol. The highest BCUT2D eigenvalue weighted by Crippen LogP contribution is 2.30. The van der Waals surface area contributed by atoms with E-state index in [2.05, 4.69) is 36.0 Å². The molecule has 0 spiro atoms. The van der Waals surface area contributed by atoms with E-state index in [9.17, 15) is 9.90 Å². The number of nitrogens with one attached hydrogen (secondary N) is 3. The zero-order valence-corrected chi connectivity index (χ0v) is 17.3. The SMILES string of the molecule is CC(C)(CO)c1nc(CCNC(=O)Nc2nc3ccc(-c4cn[nH]c4)cc3s2)no1. The standard InChI is InChI=1S/C19H21N7O3S/c1-19(2,10-27)16-24-15(26-29-16)5-6-20-17(28)25-18-23-13-4-3-11(7-14(13)30-18)12-8-21-22-9-12/h3-4,7-9,27H,5-6,10H2,1-2H3,(H,21,22)(H2,20,23,25,28). The molecule has 0 saturated carbocycles. The van der Waals surface area contributed by atoms with Crippen LogP contribution in [0.5, 0.6) is 0 Å². The molecule has 2 amide bonds. The molecule has 0 aliphatic rings. The molecule has 10 nitrogen and oxygen atoms in total. The van der Waals surface area contributed by atoms with Crippen molar-refractivity contribution in [3.05, 3.63) is 42.3 Å². The van der Waals surface area contributed by atoms with Crippen molar-refractivity contribution in [1.82, 2.24) is 30.6 Å². The third-order valence-corrected chi connectivity index (χ3v) is 5.45. The van der Waals surface area contributed by atoms with Gasteiger partial charge in [0.25, 0.3) is 0 Å². The van der Waals surface area contributed by atoms with Crippen LogP contribution in [0.3, 0.4) is 0 Å². The van der Waals surface area contributed by atoms with E-state index in [1.165, 1.54) is 11.3 Å². The minimum atomic E-state index is -0.597. The normalized spacial score (nSPS) is 11.7. The summed E-state index contributed by atoms with van der Waals surface area (Å²) in [4.78, 5) is 20.9. The number of urea groups is 1. The van der Waals surface area contributed by atoms with Crippen LogP contribution >= 0.6 is 11.3 Å². The second-order valence-corrected chi connectivity index (χ2v) is 8.41. The van der Waals surface area contributed by atoms with Crippen LogP contribution in [0.25, 0.3) is 21.3 Å². The molecule has 0 aliphatic heterocycles. The summed E-state index contributed by atoms with van der Waals surface area (Å²) in [6.45, 7) is 3.86. The summed E-state index contributed by atoms with van der Waals surface area (Å²) in [5.74, 6) is 0.840. The summed E-state index contributed by atoms with van der Waals surface area (Å²) in [5.41, 5.74) is 2.23. The van der Waals surface area contributed by atoms with Gasteiger partial charge >= 0.3 is 6.03 Å². The van der Waals surface area contributed by atoms with Crippen LogP contribution in [0.2, 0.25) is 0 Å². The topological polar surface area (TPSA) is 142 Å². The Kier molecular flexibility index (Phi) is 5.46. The Hall–Kier alpha value is -3.31. The first kappa shape index (κ1) is 20.0. The number of H-pyrrole nitrogens is 1. The summed E-state index contributed by atoms with van der Waals surface area (Å²) >= 11 is 1.40. The number of rotatable bonds is 7. The fourth-order valence-corrected chi connectivity index (χ4v) is 3.59. The number of hydrogen-bond donors (Lipinski definition) is 4. The first-order valence-electron chi connectivity index (χ1n) is 9.33. The molecular weight excluding hydrogens is 406 g/mol. The fourth-order valence-electron chi connectivity index (χ4n) is 2.69. The molecule has 3 aromatic heterocycles. The summed E-state index contributed by atoms with van der Waals surface area (Å²) in [6, 6.07) is 5.54. The third-order valence-electron chi connectivity index (χ3n) is 4.52. The van der Waals surface area contributed by atoms with Gasteiger partial charge in [-0.3, -0.25) is 10.4 Å². The maximum Gasteiger partial charge on any atom is 0.321 e. The molecule has 0 radical (unpaired) electrons. The maximum atomic E-state index is 12.2. The Morgan fingerprint density at radius 3 is 2.93 bits per heavy atom. The summed E-state index contributed by atoms with van der Waals surface area (Å²) in [5, 5.41) is 26.0. The van der Waals surface area contributed by atoms with Crippen molar-refractivity contribution in [3.63, 3.8) is 0 Å². The van der Waals surface area contributed by atoms with Crippen molar-refractivity contribution in [2.75, 3.05) is 18.5 Å². The van der Waals surface area contributed by atoms with Crippen LogP contribution in [-0.4, -0.2) is 49.6 Å². The molecule has 156 valence electrons. The average Bonchev–Trinajstić information content (AvgIpc) is 3.47. The van der Waals surface area contributed by atoms with Gasteiger partial charge in [-0.1, -0.05) is 22.6 Å². The Labute approximate surface area is 175 Å². The molecule has 4 N–H and O–H groups in total. The second kappa shape index (κ2) is 8.20. The summed E-state index contributed by atoms with van der Waals surface area (Å²) in [6.07, 6.45) is 3.99. The van der Waals surface area contributed by atoms with E-state index in [1.807, 2.05) is 38.2 Å². The molecule has 11 heteroatoms. The predicted octanol–water partition coefficient (Wildman–Crippen LogP) is 2.70.